The van der Waals surface area contributed by atoms with Gasteiger partial charge >= 0.3 is 6.03 Å². The van der Waals surface area contributed by atoms with Crippen LogP contribution < -0.4 is 16.2 Å². The van der Waals surface area contributed by atoms with Crippen LogP contribution in [0.3, 0.4) is 0 Å². The molecule has 0 radical (unpaired) electrons. The summed E-state index contributed by atoms with van der Waals surface area (Å²) in [5.74, 6) is 0.885. The molecule has 2 atom stereocenters. The van der Waals surface area contributed by atoms with Crippen LogP contribution in [-0.2, 0) is 10.5 Å². The minimum atomic E-state index is -0.457. The van der Waals surface area contributed by atoms with Crippen LogP contribution >= 0.6 is 23.4 Å². The highest BCUT2D eigenvalue weighted by atomic mass is 35.5. The van der Waals surface area contributed by atoms with Crippen molar-refractivity contribution in [1.29, 1.82) is 0 Å². The number of carbonyl (C=O) groups excluding carboxylic acids is 2. The number of benzene rings is 2. The third-order valence-corrected chi connectivity index (χ3v) is 7.40. The summed E-state index contributed by atoms with van der Waals surface area (Å²) in [4.78, 5) is 27.5. The van der Waals surface area contributed by atoms with Crippen molar-refractivity contribution < 1.29 is 9.59 Å². The van der Waals surface area contributed by atoms with E-state index in [4.69, 9.17) is 11.6 Å². The number of para-hydroxylation sites is 1. The van der Waals surface area contributed by atoms with Crippen molar-refractivity contribution in [2.24, 2.45) is 11.8 Å². The van der Waals surface area contributed by atoms with Crippen molar-refractivity contribution >= 4 is 41.0 Å². The van der Waals surface area contributed by atoms with E-state index in [1.165, 1.54) is 5.56 Å². The first-order valence-electron chi connectivity index (χ1n) is 10.1. The van der Waals surface area contributed by atoms with Crippen LogP contribution in [0, 0.1) is 11.8 Å². The van der Waals surface area contributed by atoms with Crippen molar-refractivity contribution in [3.8, 4) is 0 Å². The number of fused-ring (bicyclic) bond motifs is 3. The summed E-state index contributed by atoms with van der Waals surface area (Å²) in [7, 11) is 0. The second kappa shape index (κ2) is 9.73. The molecule has 0 unspecified atom stereocenters. The highest BCUT2D eigenvalue weighted by molar-refractivity contribution is 7.99. The highest BCUT2D eigenvalue weighted by Gasteiger charge is 2.46. The van der Waals surface area contributed by atoms with E-state index in [-0.39, 0.29) is 17.2 Å². The first kappa shape index (κ1) is 21.0. The Bertz CT molecular complexity index is 872. The van der Waals surface area contributed by atoms with Gasteiger partial charge in [0.1, 0.15) is 0 Å². The lowest BCUT2D eigenvalue weighted by Gasteiger charge is -2.49. The van der Waals surface area contributed by atoms with Gasteiger partial charge in [-0.2, -0.15) is 0 Å². The van der Waals surface area contributed by atoms with Gasteiger partial charge in [0.2, 0.25) is 5.91 Å². The van der Waals surface area contributed by atoms with Crippen LogP contribution in [0.25, 0.3) is 0 Å². The molecular weight excluding hydrogens is 420 g/mol. The Morgan fingerprint density at radius 2 is 1.70 bits per heavy atom. The van der Waals surface area contributed by atoms with Crippen molar-refractivity contribution in [2.45, 2.75) is 24.0 Å². The molecule has 2 aromatic rings. The van der Waals surface area contributed by atoms with Crippen molar-refractivity contribution in [3.05, 3.63) is 65.2 Å². The van der Waals surface area contributed by atoms with Gasteiger partial charge < -0.3 is 5.32 Å². The smallest absolute Gasteiger partial charge is 0.307 e. The number of rotatable bonds is 5. The van der Waals surface area contributed by atoms with E-state index in [1.807, 2.05) is 42.5 Å². The molecule has 6 nitrogen and oxygen atoms in total. The molecule has 3 amide bonds. The lowest BCUT2D eigenvalue weighted by molar-refractivity contribution is -0.132. The molecule has 2 aromatic carbocycles. The summed E-state index contributed by atoms with van der Waals surface area (Å²) in [6.07, 6.45) is 2.04. The largest absolute Gasteiger partial charge is 0.337 e. The molecule has 8 heteroatoms. The van der Waals surface area contributed by atoms with E-state index in [0.717, 1.165) is 36.7 Å². The molecule has 3 fully saturated rings. The molecule has 5 rings (SSSR count). The fourth-order valence-electron chi connectivity index (χ4n) is 4.19. The Kier molecular flexibility index (Phi) is 6.82. The number of thioether (sulfide) groups is 1. The summed E-state index contributed by atoms with van der Waals surface area (Å²) in [6.45, 7) is 2.04. The zero-order chi connectivity index (χ0) is 20.9. The van der Waals surface area contributed by atoms with Gasteiger partial charge in [0.15, 0.2) is 0 Å². The first-order valence-corrected chi connectivity index (χ1v) is 11.5. The number of piperidine rings is 3. The number of anilines is 1. The SMILES string of the molecule is O=C(NNC(=O)[C@H]1C2CCN(CC2)[C@H]1SCc1ccc(Cl)cc1)Nc1ccccc1. The van der Waals surface area contributed by atoms with Gasteiger partial charge in [-0.1, -0.05) is 41.9 Å². The van der Waals surface area contributed by atoms with Crippen LogP contribution in [0.2, 0.25) is 5.02 Å². The maximum Gasteiger partial charge on any atom is 0.337 e. The molecule has 0 saturated carbocycles. The fraction of sp³-hybridized carbons (Fsp3) is 0.364. The Balaban J connectivity index is 1.35. The Morgan fingerprint density at radius 3 is 2.40 bits per heavy atom. The molecular formula is C22H25ClN4O2S. The predicted molar refractivity (Wildman–Crippen MR) is 121 cm³/mol. The number of urea groups is 1. The molecule has 158 valence electrons. The summed E-state index contributed by atoms with van der Waals surface area (Å²) in [6, 6.07) is 16.5. The number of hydrazine groups is 1. The van der Waals surface area contributed by atoms with Gasteiger partial charge in [-0.3, -0.25) is 15.1 Å². The predicted octanol–water partition coefficient (Wildman–Crippen LogP) is 4.09. The molecule has 0 spiro atoms. The number of hydrogen-bond acceptors (Lipinski definition) is 4. The van der Waals surface area contributed by atoms with Gasteiger partial charge in [-0.15, -0.1) is 11.8 Å². The van der Waals surface area contributed by atoms with E-state index < -0.39 is 6.03 Å². The Morgan fingerprint density at radius 1 is 1.00 bits per heavy atom. The van der Waals surface area contributed by atoms with E-state index in [9.17, 15) is 9.59 Å². The van der Waals surface area contributed by atoms with Crippen molar-refractivity contribution in [2.75, 3.05) is 18.4 Å². The zero-order valence-electron chi connectivity index (χ0n) is 16.5. The molecule has 3 N–H and O–H groups in total. The molecule has 2 bridgehead atoms. The third kappa shape index (κ3) is 5.09. The number of carbonyl (C=O) groups is 2. The maximum atomic E-state index is 13.0. The molecule has 3 aliphatic rings. The normalized spacial score (nSPS) is 24.8. The molecule has 0 aromatic heterocycles. The second-order valence-electron chi connectivity index (χ2n) is 7.66. The van der Waals surface area contributed by atoms with Gasteiger partial charge in [0.25, 0.3) is 0 Å². The van der Waals surface area contributed by atoms with Gasteiger partial charge in [-0.05, 0) is 61.7 Å². The monoisotopic (exact) mass is 444 g/mol. The van der Waals surface area contributed by atoms with Crippen LogP contribution in [0.15, 0.2) is 54.6 Å². The number of nitrogens with zero attached hydrogens (tertiary/aromatic N) is 1. The zero-order valence-corrected chi connectivity index (χ0v) is 18.1. The van der Waals surface area contributed by atoms with E-state index >= 15 is 0 Å². The van der Waals surface area contributed by atoms with E-state index in [2.05, 4.69) is 21.1 Å². The quantitative estimate of drug-likeness (QED) is 0.607. The standard InChI is InChI=1S/C22H25ClN4O2S/c23-17-8-6-15(7-9-17)14-30-21-19(16-10-12-27(21)13-11-16)20(28)25-26-22(29)24-18-4-2-1-3-5-18/h1-9,16,19,21H,10-14H2,(H,25,28)(H2,24,26,29)/t19-,21+/m1/s1. The number of halogens is 1. The lowest BCUT2D eigenvalue weighted by Crippen LogP contribution is -2.59. The Labute approximate surface area is 185 Å². The summed E-state index contributed by atoms with van der Waals surface area (Å²) >= 11 is 7.77. The minimum Gasteiger partial charge on any atom is -0.307 e. The first-order chi connectivity index (χ1) is 14.6. The molecule has 30 heavy (non-hydrogen) atoms. The highest BCUT2D eigenvalue weighted by Crippen LogP contribution is 2.42. The number of amides is 3. The van der Waals surface area contributed by atoms with Gasteiger partial charge in [0.05, 0.1) is 11.3 Å². The lowest BCUT2D eigenvalue weighted by atomic mass is 9.78. The van der Waals surface area contributed by atoms with Crippen LogP contribution in [0.5, 0.6) is 0 Å². The number of nitrogens with one attached hydrogen (secondary N) is 3. The van der Waals surface area contributed by atoms with E-state index in [1.54, 1.807) is 23.9 Å². The average molecular weight is 445 g/mol. The summed E-state index contributed by atoms with van der Waals surface area (Å²) in [5, 5.41) is 3.53. The van der Waals surface area contributed by atoms with E-state index in [0.29, 0.717) is 11.6 Å². The van der Waals surface area contributed by atoms with Gasteiger partial charge in [0, 0.05) is 16.5 Å². The second-order valence-corrected chi connectivity index (χ2v) is 9.20. The fourth-order valence-corrected chi connectivity index (χ4v) is 5.85. The van der Waals surface area contributed by atoms with Crippen LogP contribution in [0.1, 0.15) is 18.4 Å². The summed E-state index contributed by atoms with van der Waals surface area (Å²) in [5.41, 5.74) is 6.99. The van der Waals surface area contributed by atoms with Gasteiger partial charge in [-0.25, -0.2) is 10.2 Å². The number of hydrogen-bond donors (Lipinski definition) is 3. The van der Waals surface area contributed by atoms with Crippen molar-refractivity contribution in [1.82, 2.24) is 15.8 Å². The maximum absolute atomic E-state index is 13.0. The van der Waals surface area contributed by atoms with Crippen LogP contribution in [0.4, 0.5) is 10.5 Å². The van der Waals surface area contributed by atoms with Crippen molar-refractivity contribution in [3.63, 3.8) is 0 Å². The molecule has 3 saturated heterocycles. The molecule has 0 aliphatic carbocycles. The summed E-state index contributed by atoms with van der Waals surface area (Å²) < 4.78 is 0. The molecule has 3 heterocycles. The average Bonchev–Trinajstić information content (AvgIpc) is 2.78. The Hall–Kier alpha value is -2.22. The van der Waals surface area contributed by atoms with Crippen LogP contribution in [-0.4, -0.2) is 35.3 Å². The minimum absolute atomic E-state index is 0.104. The third-order valence-electron chi connectivity index (χ3n) is 5.72. The molecule has 3 aliphatic heterocycles. The topological polar surface area (TPSA) is 73.5 Å².